The molecule has 1 unspecified atom stereocenters. The summed E-state index contributed by atoms with van der Waals surface area (Å²) in [6.45, 7) is 15.8. The number of methoxy groups -OCH3 is 1. The number of carbonyl (C=O) groups is 3. The SMILES string of the molecule is COC(=O)[C@]1(C)CC[C@]2(C)CC[C@]3(C)C4=CC(C)C5=C(C)C(=O)C(=O)C=C5[C@]4(C)CC[C@@]3(C)[C@@H]2C1. The average molecular weight is 479 g/mol. The number of ketones is 2. The summed E-state index contributed by atoms with van der Waals surface area (Å²) < 4.78 is 5.28. The van der Waals surface area contributed by atoms with Gasteiger partial charge in [-0.05, 0) is 104 Å². The number of carbonyl (C=O) groups excluding carboxylic acids is 3. The number of hydrogen-bond donors (Lipinski definition) is 0. The average Bonchev–Trinajstić information content (AvgIpc) is 2.81. The molecule has 3 saturated carbocycles. The number of Topliss-reactive ketones (excluding diaryl/α,β-unsaturated/α-hetero) is 1. The number of fused-ring (bicyclic) bond motifs is 7. The molecule has 4 heteroatoms. The molecule has 0 N–H and O–H groups in total. The summed E-state index contributed by atoms with van der Waals surface area (Å²) in [5.74, 6) is -0.245. The zero-order valence-corrected chi connectivity index (χ0v) is 22.9. The normalized spacial score (nSPS) is 47.1. The van der Waals surface area contributed by atoms with E-state index in [1.807, 2.05) is 6.92 Å². The fourth-order valence-electron chi connectivity index (χ4n) is 9.42. The molecule has 5 aliphatic rings. The molecule has 5 rings (SSSR count). The van der Waals surface area contributed by atoms with Crippen LogP contribution in [0.25, 0.3) is 0 Å². The molecule has 0 aromatic heterocycles. The molecule has 0 bridgehead atoms. The zero-order valence-electron chi connectivity index (χ0n) is 22.9. The maximum Gasteiger partial charge on any atom is 0.311 e. The molecule has 0 saturated heterocycles. The highest BCUT2D eigenvalue weighted by molar-refractivity contribution is 6.48. The fraction of sp³-hybridized carbons (Fsp3) is 0.710. The van der Waals surface area contributed by atoms with Crippen LogP contribution in [0.5, 0.6) is 0 Å². The topological polar surface area (TPSA) is 60.4 Å². The molecular weight excluding hydrogens is 436 g/mol. The molecule has 4 nitrogen and oxygen atoms in total. The van der Waals surface area contributed by atoms with Gasteiger partial charge in [-0.15, -0.1) is 0 Å². The molecule has 0 heterocycles. The van der Waals surface area contributed by atoms with Crippen molar-refractivity contribution >= 4 is 17.5 Å². The van der Waals surface area contributed by atoms with Gasteiger partial charge in [-0.2, -0.15) is 0 Å². The van der Waals surface area contributed by atoms with Gasteiger partial charge < -0.3 is 4.74 Å². The smallest absolute Gasteiger partial charge is 0.311 e. The summed E-state index contributed by atoms with van der Waals surface area (Å²) >= 11 is 0. The van der Waals surface area contributed by atoms with E-state index in [9.17, 15) is 14.4 Å². The summed E-state index contributed by atoms with van der Waals surface area (Å²) in [7, 11) is 1.52. The van der Waals surface area contributed by atoms with Gasteiger partial charge in [0.05, 0.1) is 12.5 Å². The van der Waals surface area contributed by atoms with Gasteiger partial charge in [-0.3, -0.25) is 14.4 Å². The zero-order chi connectivity index (χ0) is 25.8. The van der Waals surface area contributed by atoms with Crippen LogP contribution in [0.4, 0.5) is 0 Å². The van der Waals surface area contributed by atoms with E-state index in [4.69, 9.17) is 4.74 Å². The molecule has 7 atom stereocenters. The third kappa shape index (κ3) is 2.95. The molecule has 5 aliphatic carbocycles. The Kier molecular flexibility index (Phi) is 5.15. The van der Waals surface area contributed by atoms with Crippen LogP contribution in [0.3, 0.4) is 0 Å². The molecule has 0 aliphatic heterocycles. The van der Waals surface area contributed by atoms with Gasteiger partial charge in [0.15, 0.2) is 0 Å². The highest BCUT2D eigenvalue weighted by atomic mass is 16.5. The minimum atomic E-state index is -0.430. The van der Waals surface area contributed by atoms with Gasteiger partial charge in [0.25, 0.3) is 0 Å². The molecule has 35 heavy (non-hydrogen) atoms. The van der Waals surface area contributed by atoms with Gasteiger partial charge in [0.2, 0.25) is 11.6 Å². The fourth-order valence-corrected chi connectivity index (χ4v) is 9.42. The van der Waals surface area contributed by atoms with Crippen molar-refractivity contribution in [2.45, 2.75) is 93.4 Å². The molecule has 0 radical (unpaired) electrons. The number of rotatable bonds is 1. The van der Waals surface area contributed by atoms with E-state index < -0.39 is 5.41 Å². The van der Waals surface area contributed by atoms with Crippen LogP contribution in [0.15, 0.2) is 34.4 Å². The van der Waals surface area contributed by atoms with Crippen LogP contribution in [0.2, 0.25) is 0 Å². The van der Waals surface area contributed by atoms with E-state index in [2.05, 4.69) is 47.6 Å². The lowest BCUT2D eigenvalue weighted by atomic mass is 9.34. The molecule has 0 aromatic carbocycles. The Balaban J connectivity index is 1.65. The van der Waals surface area contributed by atoms with E-state index in [0.29, 0.717) is 11.5 Å². The molecule has 3 fully saturated rings. The summed E-state index contributed by atoms with van der Waals surface area (Å²) in [6, 6.07) is 0. The maximum atomic E-state index is 12.9. The highest BCUT2D eigenvalue weighted by Crippen LogP contribution is 2.76. The Bertz CT molecular complexity index is 1140. The third-order valence-electron chi connectivity index (χ3n) is 12.0. The largest absolute Gasteiger partial charge is 0.469 e. The second-order valence-electron chi connectivity index (χ2n) is 13.7. The third-order valence-corrected chi connectivity index (χ3v) is 12.0. The number of ether oxygens (including phenoxy) is 1. The second-order valence-corrected chi connectivity index (χ2v) is 13.7. The van der Waals surface area contributed by atoms with Crippen LogP contribution in [-0.4, -0.2) is 24.6 Å². The molecule has 0 spiro atoms. The van der Waals surface area contributed by atoms with Crippen molar-refractivity contribution in [3.05, 3.63) is 34.4 Å². The molecular formula is C31H42O4. The lowest BCUT2D eigenvalue weighted by Crippen LogP contribution is -2.62. The van der Waals surface area contributed by atoms with Crippen molar-refractivity contribution < 1.29 is 19.1 Å². The van der Waals surface area contributed by atoms with Crippen molar-refractivity contribution in [1.82, 2.24) is 0 Å². The van der Waals surface area contributed by atoms with Gasteiger partial charge >= 0.3 is 5.97 Å². The lowest BCUT2D eigenvalue weighted by Gasteiger charge is -2.70. The van der Waals surface area contributed by atoms with E-state index in [1.54, 1.807) is 6.08 Å². The monoisotopic (exact) mass is 478 g/mol. The van der Waals surface area contributed by atoms with Gasteiger partial charge in [0, 0.05) is 11.0 Å². The first-order valence-electron chi connectivity index (χ1n) is 13.5. The summed E-state index contributed by atoms with van der Waals surface area (Å²) in [5, 5.41) is 0. The van der Waals surface area contributed by atoms with Crippen molar-refractivity contribution in [3.8, 4) is 0 Å². The van der Waals surface area contributed by atoms with Gasteiger partial charge in [-0.1, -0.05) is 46.3 Å². The number of esters is 1. The second kappa shape index (κ2) is 7.29. The Hall–Kier alpha value is -1.97. The van der Waals surface area contributed by atoms with Crippen LogP contribution in [0.1, 0.15) is 93.4 Å². The first kappa shape index (κ1) is 24.7. The van der Waals surface area contributed by atoms with E-state index in [1.165, 1.54) is 12.7 Å². The number of hydrogen-bond acceptors (Lipinski definition) is 4. The predicted molar refractivity (Wildman–Crippen MR) is 136 cm³/mol. The van der Waals surface area contributed by atoms with Crippen molar-refractivity contribution in [1.29, 1.82) is 0 Å². The lowest BCUT2D eigenvalue weighted by molar-refractivity contribution is -0.180. The van der Waals surface area contributed by atoms with E-state index in [-0.39, 0.29) is 45.1 Å². The Morgan fingerprint density at radius 1 is 0.971 bits per heavy atom. The van der Waals surface area contributed by atoms with Crippen molar-refractivity contribution in [3.63, 3.8) is 0 Å². The van der Waals surface area contributed by atoms with E-state index >= 15 is 0 Å². The molecule has 190 valence electrons. The molecule has 0 aromatic rings. The first-order chi connectivity index (χ1) is 16.2. The van der Waals surface area contributed by atoms with Gasteiger partial charge in [-0.25, -0.2) is 0 Å². The summed E-state index contributed by atoms with van der Waals surface area (Å²) in [6.07, 6.45) is 11.2. The highest BCUT2D eigenvalue weighted by Gasteiger charge is 2.67. The van der Waals surface area contributed by atoms with E-state index in [0.717, 1.165) is 56.1 Å². The van der Waals surface area contributed by atoms with Crippen molar-refractivity contribution in [2.75, 3.05) is 7.11 Å². The van der Waals surface area contributed by atoms with Crippen molar-refractivity contribution in [2.24, 2.45) is 38.9 Å². The van der Waals surface area contributed by atoms with Crippen LogP contribution in [0, 0.1) is 38.9 Å². The van der Waals surface area contributed by atoms with Crippen LogP contribution < -0.4 is 0 Å². The Labute approximate surface area is 210 Å². The van der Waals surface area contributed by atoms with Gasteiger partial charge in [0.1, 0.15) is 0 Å². The maximum absolute atomic E-state index is 12.9. The summed E-state index contributed by atoms with van der Waals surface area (Å²) in [5.41, 5.74) is 3.83. The van der Waals surface area contributed by atoms with Crippen LogP contribution in [-0.2, 0) is 19.1 Å². The molecule has 0 amide bonds. The predicted octanol–water partition coefficient (Wildman–Crippen LogP) is 6.55. The minimum absolute atomic E-state index is 0.0302. The minimum Gasteiger partial charge on any atom is -0.469 e. The van der Waals surface area contributed by atoms with Crippen LogP contribution >= 0.6 is 0 Å². The Morgan fingerprint density at radius 3 is 2.29 bits per heavy atom. The quantitative estimate of drug-likeness (QED) is 0.186. The standard InChI is InChI=1S/C31H42O4/c1-18-15-22-29(5,20-16-21(32)25(33)19(2)24(18)20)12-14-31(7)23-17-28(4,26(34)35-8)10-9-27(23,3)11-13-30(22,31)6/h15-16,18,23H,9-14,17H2,1-8H3/t18?,23-,27-,28-,29+,30-,31+/m1/s1. The Morgan fingerprint density at radius 2 is 1.63 bits per heavy atom. The first-order valence-corrected chi connectivity index (χ1v) is 13.5. The summed E-state index contributed by atoms with van der Waals surface area (Å²) in [4.78, 5) is 38.1. The number of allylic oxidation sites excluding steroid dienone is 6.